The number of methoxy groups -OCH3 is 1. The second-order valence-electron chi connectivity index (χ2n) is 4.82. The van der Waals surface area contributed by atoms with E-state index in [1.165, 1.54) is 4.90 Å². The van der Waals surface area contributed by atoms with Gasteiger partial charge in [-0.25, -0.2) is 0 Å². The molecule has 0 aromatic rings. The van der Waals surface area contributed by atoms with Crippen molar-refractivity contribution in [3.05, 3.63) is 12.2 Å². The molecular weight excluding hydrogens is 206 g/mol. The van der Waals surface area contributed by atoms with Crippen LogP contribution in [0.1, 0.15) is 6.42 Å². The van der Waals surface area contributed by atoms with Gasteiger partial charge in [0.2, 0.25) is 11.8 Å². The van der Waals surface area contributed by atoms with Gasteiger partial charge in [-0.3, -0.25) is 14.5 Å². The summed E-state index contributed by atoms with van der Waals surface area (Å²) in [6, 6.07) is 0. The molecule has 1 saturated carbocycles. The summed E-state index contributed by atoms with van der Waals surface area (Å²) in [6.45, 7) is 0.834. The Kier molecular flexibility index (Phi) is 2.14. The molecule has 4 heteroatoms. The van der Waals surface area contributed by atoms with Crippen molar-refractivity contribution in [2.75, 3.05) is 20.3 Å². The smallest absolute Gasteiger partial charge is 0.233 e. The van der Waals surface area contributed by atoms with Crippen LogP contribution in [-0.4, -0.2) is 37.0 Å². The lowest BCUT2D eigenvalue weighted by Crippen LogP contribution is -2.35. The molecule has 0 aromatic heterocycles. The van der Waals surface area contributed by atoms with Crippen LogP contribution in [0.4, 0.5) is 0 Å². The second-order valence-corrected chi connectivity index (χ2v) is 4.82. The third-order valence-electron chi connectivity index (χ3n) is 4.08. The van der Waals surface area contributed by atoms with Gasteiger partial charge in [0, 0.05) is 7.11 Å². The lowest BCUT2D eigenvalue weighted by Gasteiger charge is -2.16. The Balaban J connectivity index is 1.83. The zero-order valence-electron chi connectivity index (χ0n) is 9.26. The molecule has 0 radical (unpaired) electrons. The summed E-state index contributed by atoms with van der Waals surface area (Å²) in [5.74, 6) is 0.504. The molecule has 16 heavy (non-hydrogen) atoms. The Bertz CT molecular complexity index is 346. The van der Waals surface area contributed by atoms with Crippen LogP contribution >= 0.6 is 0 Å². The van der Waals surface area contributed by atoms with Gasteiger partial charge in [0.05, 0.1) is 25.0 Å². The van der Waals surface area contributed by atoms with E-state index in [2.05, 4.69) is 12.2 Å². The van der Waals surface area contributed by atoms with Gasteiger partial charge < -0.3 is 4.74 Å². The Morgan fingerprint density at radius 2 is 1.81 bits per heavy atom. The van der Waals surface area contributed by atoms with E-state index < -0.39 is 0 Å². The number of allylic oxidation sites excluding steroid dienone is 2. The standard InChI is InChI=1S/C12H15NO3/c1-16-5-4-13-11(14)9-7-2-3-8(6-7)10(9)12(13)15/h2-3,7-10H,4-6H2,1H3. The van der Waals surface area contributed by atoms with E-state index in [0.717, 1.165) is 6.42 Å². The fraction of sp³-hybridized carbons (Fsp3) is 0.667. The highest BCUT2D eigenvalue weighted by Crippen LogP contribution is 2.52. The fourth-order valence-corrected chi connectivity index (χ4v) is 3.37. The van der Waals surface area contributed by atoms with Crippen LogP contribution in [0.15, 0.2) is 12.2 Å². The highest BCUT2D eigenvalue weighted by Gasteiger charge is 2.58. The molecule has 0 aromatic carbocycles. The summed E-state index contributed by atoms with van der Waals surface area (Å²) in [7, 11) is 1.58. The van der Waals surface area contributed by atoms with E-state index in [0.29, 0.717) is 25.0 Å². The van der Waals surface area contributed by atoms with Crippen molar-refractivity contribution < 1.29 is 14.3 Å². The first-order valence-corrected chi connectivity index (χ1v) is 5.76. The molecular formula is C12H15NO3. The monoisotopic (exact) mass is 221 g/mol. The Morgan fingerprint density at radius 3 is 2.31 bits per heavy atom. The van der Waals surface area contributed by atoms with Crippen LogP contribution in [0.25, 0.3) is 0 Å². The zero-order valence-corrected chi connectivity index (χ0v) is 9.26. The highest BCUT2D eigenvalue weighted by molar-refractivity contribution is 6.06. The summed E-state index contributed by atoms with van der Waals surface area (Å²) >= 11 is 0. The summed E-state index contributed by atoms with van der Waals surface area (Å²) in [5, 5.41) is 0. The third kappa shape index (κ3) is 1.13. The second kappa shape index (κ2) is 3.42. The Labute approximate surface area is 94.2 Å². The molecule has 0 spiro atoms. The summed E-state index contributed by atoms with van der Waals surface area (Å²) < 4.78 is 4.93. The number of likely N-dealkylation sites (tertiary alicyclic amines) is 1. The number of amides is 2. The molecule has 1 heterocycles. The number of imide groups is 1. The van der Waals surface area contributed by atoms with Crippen molar-refractivity contribution in [1.29, 1.82) is 0 Å². The molecule has 1 saturated heterocycles. The van der Waals surface area contributed by atoms with Crippen molar-refractivity contribution in [1.82, 2.24) is 4.90 Å². The zero-order chi connectivity index (χ0) is 11.3. The van der Waals surface area contributed by atoms with Crippen LogP contribution in [0, 0.1) is 23.7 Å². The number of carbonyl (C=O) groups is 2. The minimum atomic E-state index is -0.0700. The maximum absolute atomic E-state index is 12.1. The predicted molar refractivity (Wildman–Crippen MR) is 56.3 cm³/mol. The van der Waals surface area contributed by atoms with Gasteiger partial charge in [0.1, 0.15) is 0 Å². The average molecular weight is 221 g/mol. The normalized spacial score (nSPS) is 39.9. The van der Waals surface area contributed by atoms with Gasteiger partial charge in [-0.05, 0) is 18.3 Å². The van der Waals surface area contributed by atoms with Gasteiger partial charge in [0.15, 0.2) is 0 Å². The van der Waals surface area contributed by atoms with Crippen molar-refractivity contribution in [2.24, 2.45) is 23.7 Å². The lowest BCUT2D eigenvalue weighted by atomic mass is 9.85. The maximum Gasteiger partial charge on any atom is 0.233 e. The largest absolute Gasteiger partial charge is 0.383 e. The highest BCUT2D eigenvalue weighted by atomic mass is 16.5. The SMILES string of the molecule is COCCN1C(=O)C2C3C=CC(C3)C2C1=O. The number of fused-ring (bicyclic) bond motifs is 5. The molecule has 3 rings (SSSR count). The molecule has 2 bridgehead atoms. The molecule has 2 amide bonds. The molecule has 2 aliphatic carbocycles. The number of hydrogen-bond donors (Lipinski definition) is 0. The van der Waals surface area contributed by atoms with E-state index in [4.69, 9.17) is 4.74 Å². The van der Waals surface area contributed by atoms with E-state index >= 15 is 0 Å². The van der Waals surface area contributed by atoms with Crippen LogP contribution in [0.2, 0.25) is 0 Å². The number of hydrogen-bond acceptors (Lipinski definition) is 3. The minimum Gasteiger partial charge on any atom is -0.383 e. The van der Waals surface area contributed by atoms with Crippen LogP contribution < -0.4 is 0 Å². The molecule has 4 unspecified atom stereocenters. The average Bonchev–Trinajstić information content (AvgIpc) is 2.92. The maximum atomic E-state index is 12.1. The summed E-state index contributed by atoms with van der Waals surface area (Å²) in [6.07, 6.45) is 5.21. The molecule has 86 valence electrons. The van der Waals surface area contributed by atoms with Gasteiger partial charge in [0.25, 0.3) is 0 Å². The van der Waals surface area contributed by atoms with E-state index in [1.54, 1.807) is 7.11 Å². The Hall–Kier alpha value is -1.16. The van der Waals surface area contributed by atoms with Gasteiger partial charge in [-0.1, -0.05) is 12.2 Å². The predicted octanol–water partition coefficient (Wildman–Crippen LogP) is 0.440. The Morgan fingerprint density at radius 1 is 1.25 bits per heavy atom. The van der Waals surface area contributed by atoms with E-state index in [1.807, 2.05) is 0 Å². The van der Waals surface area contributed by atoms with E-state index in [-0.39, 0.29) is 23.7 Å². The first kappa shape index (κ1) is 10.0. The first-order chi connectivity index (χ1) is 7.74. The lowest BCUT2D eigenvalue weighted by molar-refractivity contribution is -0.141. The van der Waals surface area contributed by atoms with Gasteiger partial charge in [-0.15, -0.1) is 0 Å². The molecule has 4 nitrogen and oxygen atoms in total. The molecule has 2 fully saturated rings. The summed E-state index contributed by atoms with van der Waals surface area (Å²) in [5.41, 5.74) is 0. The first-order valence-electron chi connectivity index (χ1n) is 5.76. The number of ether oxygens (including phenoxy) is 1. The van der Waals surface area contributed by atoms with Crippen molar-refractivity contribution in [3.8, 4) is 0 Å². The minimum absolute atomic E-state index is 0.0175. The molecule has 0 N–H and O–H groups in total. The fourth-order valence-electron chi connectivity index (χ4n) is 3.37. The van der Waals surface area contributed by atoms with Crippen molar-refractivity contribution in [3.63, 3.8) is 0 Å². The topological polar surface area (TPSA) is 46.6 Å². The van der Waals surface area contributed by atoms with Crippen LogP contribution in [0.3, 0.4) is 0 Å². The quantitative estimate of drug-likeness (QED) is 0.513. The third-order valence-corrected chi connectivity index (χ3v) is 4.08. The van der Waals surface area contributed by atoms with Crippen LogP contribution in [-0.2, 0) is 14.3 Å². The summed E-state index contributed by atoms with van der Waals surface area (Å²) in [4.78, 5) is 25.6. The molecule has 4 atom stereocenters. The van der Waals surface area contributed by atoms with Gasteiger partial charge in [-0.2, -0.15) is 0 Å². The number of nitrogens with zero attached hydrogens (tertiary/aromatic N) is 1. The number of carbonyl (C=O) groups excluding carboxylic acids is 2. The molecule has 3 aliphatic rings. The van der Waals surface area contributed by atoms with Crippen LogP contribution in [0.5, 0.6) is 0 Å². The van der Waals surface area contributed by atoms with Gasteiger partial charge >= 0.3 is 0 Å². The van der Waals surface area contributed by atoms with E-state index in [9.17, 15) is 9.59 Å². The van der Waals surface area contributed by atoms with Crippen molar-refractivity contribution >= 4 is 11.8 Å². The van der Waals surface area contributed by atoms with Crippen molar-refractivity contribution in [2.45, 2.75) is 6.42 Å². The number of rotatable bonds is 3. The molecule has 1 aliphatic heterocycles.